The first-order valence-electron chi connectivity index (χ1n) is 11.1. The minimum atomic E-state index is -0.592. The SMILES string of the molecule is CCC(C(=O)NC1CCCCC1)N(Cc1ccccc1Cl)C(=O)Cc1ccc(F)cc1. The van der Waals surface area contributed by atoms with Crippen LogP contribution in [0.25, 0.3) is 0 Å². The van der Waals surface area contributed by atoms with E-state index in [1.807, 2.05) is 25.1 Å². The molecule has 31 heavy (non-hydrogen) atoms. The third-order valence-electron chi connectivity index (χ3n) is 5.90. The fraction of sp³-hybridized carbons (Fsp3) is 0.440. The van der Waals surface area contributed by atoms with Gasteiger partial charge in [0.15, 0.2) is 0 Å². The summed E-state index contributed by atoms with van der Waals surface area (Å²) in [4.78, 5) is 28.1. The molecule has 3 rings (SSSR count). The topological polar surface area (TPSA) is 49.4 Å². The molecule has 1 fully saturated rings. The predicted molar refractivity (Wildman–Crippen MR) is 121 cm³/mol. The minimum absolute atomic E-state index is 0.0952. The molecule has 4 nitrogen and oxygen atoms in total. The highest BCUT2D eigenvalue weighted by molar-refractivity contribution is 6.31. The van der Waals surface area contributed by atoms with Crippen LogP contribution in [0.5, 0.6) is 0 Å². The van der Waals surface area contributed by atoms with Gasteiger partial charge in [0, 0.05) is 17.6 Å². The summed E-state index contributed by atoms with van der Waals surface area (Å²) in [7, 11) is 0. The molecule has 0 radical (unpaired) electrons. The van der Waals surface area contributed by atoms with E-state index in [-0.39, 0.29) is 36.6 Å². The molecule has 2 aromatic rings. The molecule has 0 bridgehead atoms. The smallest absolute Gasteiger partial charge is 0.243 e. The zero-order chi connectivity index (χ0) is 22.2. The lowest BCUT2D eigenvalue weighted by molar-refractivity contribution is -0.141. The number of carbonyl (C=O) groups excluding carboxylic acids is 2. The van der Waals surface area contributed by atoms with E-state index in [1.54, 1.807) is 23.1 Å². The fourth-order valence-corrected chi connectivity index (χ4v) is 4.35. The van der Waals surface area contributed by atoms with Crippen molar-refractivity contribution in [3.8, 4) is 0 Å². The molecule has 0 heterocycles. The second-order valence-electron chi connectivity index (χ2n) is 8.18. The molecule has 1 aliphatic rings. The summed E-state index contributed by atoms with van der Waals surface area (Å²) in [6, 6.07) is 12.8. The van der Waals surface area contributed by atoms with Crippen LogP contribution in [0.1, 0.15) is 56.6 Å². The highest BCUT2D eigenvalue weighted by Gasteiger charge is 2.30. The average Bonchev–Trinajstić information content (AvgIpc) is 2.77. The zero-order valence-electron chi connectivity index (χ0n) is 17.9. The molecule has 2 aromatic carbocycles. The van der Waals surface area contributed by atoms with Gasteiger partial charge >= 0.3 is 0 Å². The van der Waals surface area contributed by atoms with Gasteiger partial charge in [-0.15, -0.1) is 0 Å². The Morgan fingerprint density at radius 3 is 2.42 bits per heavy atom. The molecule has 0 saturated heterocycles. The maximum Gasteiger partial charge on any atom is 0.243 e. The summed E-state index contributed by atoms with van der Waals surface area (Å²) in [5.74, 6) is -0.645. The van der Waals surface area contributed by atoms with Gasteiger partial charge in [0.05, 0.1) is 6.42 Å². The van der Waals surface area contributed by atoms with Crippen molar-refractivity contribution in [3.05, 3.63) is 70.5 Å². The number of hydrogen-bond acceptors (Lipinski definition) is 2. The van der Waals surface area contributed by atoms with Crippen LogP contribution in [-0.4, -0.2) is 28.8 Å². The van der Waals surface area contributed by atoms with Crippen molar-refractivity contribution in [3.63, 3.8) is 0 Å². The molecular formula is C25H30ClFN2O2. The molecular weight excluding hydrogens is 415 g/mol. The molecule has 1 N–H and O–H groups in total. The van der Waals surface area contributed by atoms with Crippen molar-refractivity contribution in [2.45, 2.75) is 70.5 Å². The van der Waals surface area contributed by atoms with Crippen LogP contribution in [0.15, 0.2) is 48.5 Å². The molecule has 1 atom stereocenters. The number of carbonyl (C=O) groups is 2. The van der Waals surface area contributed by atoms with E-state index in [9.17, 15) is 14.0 Å². The summed E-state index contributed by atoms with van der Waals surface area (Å²) < 4.78 is 13.3. The summed E-state index contributed by atoms with van der Waals surface area (Å²) in [5, 5.41) is 3.72. The highest BCUT2D eigenvalue weighted by atomic mass is 35.5. The maximum absolute atomic E-state index is 13.3. The number of rotatable bonds is 8. The van der Waals surface area contributed by atoms with E-state index >= 15 is 0 Å². The van der Waals surface area contributed by atoms with Crippen molar-refractivity contribution in [1.82, 2.24) is 10.2 Å². The summed E-state index contributed by atoms with van der Waals surface area (Å²) in [6.07, 6.45) is 6.00. The first-order chi connectivity index (χ1) is 15.0. The van der Waals surface area contributed by atoms with E-state index < -0.39 is 6.04 Å². The lowest BCUT2D eigenvalue weighted by Gasteiger charge is -2.33. The highest BCUT2D eigenvalue weighted by Crippen LogP contribution is 2.22. The third-order valence-corrected chi connectivity index (χ3v) is 6.27. The third kappa shape index (κ3) is 6.54. The van der Waals surface area contributed by atoms with Crippen molar-refractivity contribution in [2.75, 3.05) is 0 Å². The van der Waals surface area contributed by atoms with Gasteiger partial charge in [0.25, 0.3) is 0 Å². The van der Waals surface area contributed by atoms with Crippen LogP contribution in [-0.2, 0) is 22.6 Å². The largest absolute Gasteiger partial charge is 0.352 e. The van der Waals surface area contributed by atoms with Gasteiger partial charge in [-0.1, -0.05) is 68.1 Å². The molecule has 0 spiro atoms. The minimum Gasteiger partial charge on any atom is -0.352 e. The van der Waals surface area contributed by atoms with E-state index in [0.717, 1.165) is 31.2 Å². The van der Waals surface area contributed by atoms with Crippen molar-refractivity contribution in [1.29, 1.82) is 0 Å². The Labute approximate surface area is 188 Å². The van der Waals surface area contributed by atoms with Gasteiger partial charge < -0.3 is 10.2 Å². The standard InChI is InChI=1S/C25H30ClFN2O2/c1-2-23(25(31)28-21-9-4-3-5-10-21)29(17-19-8-6-7-11-22(19)26)24(30)16-18-12-14-20(27)15-13-18/h6-8,11-15,21,23H,2-5,9-10,16-17H2,1H3,(H,28,31). The van der Waals surface area contributed by atoms with Gasteiger partial charge in [-0.3, -0.25) is 9.59 Å². The number of benzene rings is 2. The Hall–Kier alpha value is -2.40. The molecule has 1 unspecified atom stereocenters. The Morgan fingerprint density at radius 1 is 1.10 bits per heavy atom. The number of hydrogen-bond donors (Lipinski definition) is 1. The van der Waals surface area contributed by atoms with E-state index in [1.165, 1.54) is 18.6 Å². The van der Waals surface area contributed by atoms with Crippen LogP contribution in [0.2, 0.25) is 5.02 Å². The first kappa shape index (κ1) is 23.3. The number of halogens is 2. The molecule has 0 aliphatic heterocycles. The normalized spacial score (nSPS) is 15.3. The van der Waals surface area contributed by atoms with Crippen LogP contribution >= 0.6 is 11.6 Å². The zero-order valence-corrected chi connectivity index (χ0v) is 18.7. The Balaban J connectivity index is 1.81. The van der Waals surface area contributed by atoms with Crippen molar-refractivity contribution in [2.24, 2.45) is 0 Å². The summed E-state index contributed by atoms with van der Waals surface area (Å²) >= 11 is 6.35. The number of nitrogens with one attached hydrogen (secondary N) is 1. The Morgan fingerprint density at radius 2 is 1.77 bits per heavy atom. The molecule has 0 aromatic heterocycles. The molecule has 1 aliphatic carbocycles. The van der Waals surface area contributed by atoms with Gasteiger partial charge in [-0.25, -0.2) is 4.39 Å². The van der Waals surface area contributed by atoms with Gasteiger partial charge in [0.1, 0.15) is 11.9 Å². The number of amides is 2. The molecule has 6 heteroatoms. The van der Waals surface area contributed by atoms with Gasteiger partial charge in [-0.05, 0) is 48.6 Å². The lowest BCUT2D eigenvalue weighted by atomic mass is 9.95. The van der Waals surface area contributed by atoms with E-state index in [4.69, 9.17) is 11.6 Å². The second-order valence-corrected chi connectivity index (χ2v) is 8.59. The van der Waals surface area contributed by atoms with Crippen LogP contribution < -0.4 is 5.32 Å². The van der Waals surface area contributed by atoms with Gasteiger partial charge in [-0.2, -0.15) is 0 Å². The maximum atomic E-state index is 13.3. The Bertz CT molecular complexity index is 881. The summed E-state index contributed by atoms with van der Waals surface area (Å²) in [5.41, 5.74) is 1.50. The predicted octanol–water partition coefficient (Wildman–Crippen LogP) is 5.28. The van der Waals surface area contributed by atoms with Crippen LogP contribution in [0.3, 0.4) is 0 Å². The molecule has 2 amide bonds. The van der Waals surface area contributed by atoms with Crippen molar-refractivity contribution < 1.29 is 14.0 Å². The quantitative estimate of drug-likeness (QED) is 0.602. The first-order valence-corrected chi connectivity index (χ1v) is 11.4. The number of nitrogens with zero attached hydrogens (tertiary/aromatic N) is 1. The second kappa shape index (κ2) is 11.3. The lowest BCUT2D eigenvalue weighted by Crippen LogP contribution is -2.52. The van der Waals surface area contributed by atoms with E-state index in [0.29, 0.717) is 17.0 Å². The molecule has 1 saturated carbocycles. The Kier molecular flexibility index (Phi) is 8.47. The van der Waals surface area contributed by atoms with Gasteiger partial charge in [0.2, 0.25) is 11.8 Å². The summed E-state index contributed by atoms with van der Waals surface area (Å²) in [6.45, 7) is 2.16. The van der Waals surface area contributed by atoms with Crippen molar-refractivity contribution >= 4 is 23.4 Å². The average molecular weight is 445 g/mol. The fourth-order valence-electron chi connectivity index (χ4n) is 4.15. The molecule has 166 valence electrons. The van der Waals surface area contributed by atoms with E-state index in [2.05, 4.69) is 5.32 Å². The van der Waals surface area contributed by atoms with Crippen LogP contribution in [0.4, 0.5) is 4.39 Å². The monoisotopic (exact) mass is 444 g/mol. The van der Waals surface area contributed by atoms with Crippen LogP contribution in [0, 0.1) is 5.82 Å².